The van der Waals surface area contributed by atoms with Crippen LogP contribution in [0.4, 0.5) is 10.3 Å². The van der Waals surface area contributed by atoms with Crippen molar-refractivity contribution < 1.29 is 19.3 Å². The first kappa shape index (κ1) is 19.0. The van der Waals surface area contributed by atoms with Gasteiger partial charge in [-0.1, -0.05) is 25.4 Å². The van der Waals surface area contributed by atoms with Gasteiger partial charge in [-0.2, -0.15) is 9.97 Å². The van der Waals surface area contributed by atoms with Gasteiger partial charge in [-0.3, -0.25) is 4.57 Å². The number of rotatable bonds is 5. The lowest BCUT2D eigenvalue weighted by atomic mass is 10.1. The van der Waals surface area contributed by atoms with Crippen molar-refractivity contribution in [1.29, 1.82) is 0 Å². The summed E-state index contributed by atoms with van der Waals surface area (Å²) in [6.45, 7) is 3.85. The molecule has 26 heavy (non-hydrogen) atoms. The first-order valence-electron chi connectivity index (χ1n) is 8.41. The molecular formula is C15H21ClFN5O4. The summed E-state index contributed by atoms with van der Waals surface area (Å²) in [6, 6.07) is 0. The Hall–Kier alpha value is -1.75. The summed E-state index contributed by atoms with van der Waals surface area (Å²) < 4.78 is 22.3. The summed E-state index contributed by atoms with van der Waals surface area (Å²) >= 11 is 6.14. The van der Waals surface area contributed by atoms with Crippen LogP contribution in [0.2, 0.25) is 5.15 Å². The van der Waals surface area contributed by atoms with E-state index < -0.39 is 36.4 Å². The summed E-state index contributed by atoms with van der Waals surface area (Å²) in [5, 5.41) is 20.2. The zero-order chi connectivity index (χ0) is 19.2. The Morgan fingerprint density at radius 3 is 2.73 bits per heavy atom. The molecule has 3 rings (SSSR count). The smallest absolute Gasteiger partial charge is 0.332 e. The van der Waals surface area contributed by atoms with E-state index in [9.17, 15) is 19.4 Å². The molecule has 144 valence electrons. The highest BCUT2D eigenvalue weighted by atomic mass is 35.5. The van der Waals surface area contributed by atoms with Gasteiger partial charge in [-0.25, -0.2) is 13.8 Å². The van der Waals surface area contributed by atoms with Crippen LogP contribution in [-0.4, -0.2) is 53.8 Å². The number of hydrogen-bond donors (Lipinski definition) is 3. The van der Waals surface area contributed by atoms with E-state index in [0.29, 0.717) is 13.0 Å². The summed E-state index contributed by atoms with van der Waals surface area (Å²) in [6.07, 6.45) is -6.40. The lowest BCUT2D eigenvalue weighted by Gasteiger charge is -2.18. The first-order chi connectivity index (χ1) is 12.3. The minimum Gasteiger partial charge on any atom is -0.390 e. The molecule has 0 spiro atoms. The molecule has 1 fully saturated rings. The van der Waals surface area contributed by atoms with Gasteiger partial charge in [0.2, 0.25) is 5.95 Å². The van der Waals surface area contributed by atoms with Crippen molar-refractivity contribution in [3.63, 3.8) is 0 Å². The van der Waals surface area contributed by atoms with Crippen LogP contribution in [0.3, 0.4) is 0 Å². The highest BCUT2D eigenvalue weighted by Crippen LogP contribution is 2.35. The predicted octanol–water partition coefficient (Wildman–Crippen LogP) is 0.606. The number of anilines is 1. The Balaban J connectivity index is 2.19. The van der Waals surface area contributed by atoms with Crippen LogP contribution >= 0.6 is 11.6 Å². The molecule has 1 aliphatic rings. The molecule has 1 saturated heterocycles. The van der Waals surface area contributed by atoms with E-state index in [1.807, 2.05) is 6.92 Å². The maximum atomic E-state index is 14.5. The summed E-state index contributed by atoms with van der Waals surface area (Å²) in [5.41, 5.74) is 5.34. The van der Waals surface area contributed by atoms with Gasteiger partial charge >= 0.3 is 5.69 Å². The van der Waals surface area contributed by atoms with Crippen molar-refractivity contribution in [2.45, 2.75) is 63.9 Å². The highest BCUT2D eigenvalue weighted by molar-refractivity contribution is 6.33. The molecule has 0 radical (unpaired) electrons. The van der Waals surface area contributed by atoms with Gasteiger partial charge in [0.15, 0.2) is 23.2 Å². The quantitative estimate of drug-likeness (QED) is 0.639. The van der Waals surface area contributed by atoms with Gasteiger partial charge in [0.1, 0.15) is 17.7 Å². The monoisotopic (exact) mass is 389 g/mol. The van der Waals surface area contributed by atoms with Crippen molar-refractivity contribution >= 4 is 28.7 Å². The van der Waals surface area contributed by atoms with E-state index in [1.54, 1.807) is 6.92 Å². The number of aryl methyl sites for hydroxylation is 1. The van der Waals surface area contributed by atoms with Gasteiger partial charge in [-0.05, 0) is 12.8 Å². The zero-order valence-corrected chi connectivity index (χ0v) is 15.1. The molecule has 2 aromatic heterocycles. The molecule has 1 aliphatic heterocycles. The molecule has 0 unspecified atom stereocenters. The number of nitrogens with two attached hydrogens (primary N) is 1. The van der Waals surface area contributed by atoms with Gasteiger partial charge in [0.25, 0.3) is 0 Å². The molecule has 0 saturated carbocycles. The second kappa shape index (κ2) is 7.10. The molecule has 4 N–H and O–H groups in total. The third-order valence-electron chi connectivity index (χ3n) is 4.50. The Kier molecular flexibility index (Phi) is 5.20. The summed E-state index contributed by atoms with van der Waals surface area (Å²) in [5.74, 6) is -0.167. The Morgan fingerprint density at radius 1 is 1.42 bits per heavy atom. The zero-order valence-electron chi connectivity index (χ0n) is 14.3. The van der Waals surface area contributed by atoms with E-state index in [2.05, 4.69) is 9.97 Å². The molecule has 2 aromatic rings. The number of nitrogen functional groups attached to an aromatic ring is 1. The largest absolute Gasteiger partial charge is 0.390 e. The third kappa shape index (κ3) is 2.86. The summed E-state index contributed by atoms with van der Waals surface area (Å²) in [7, 11) is 0. The number of alkyl halides is 1. The predicted molar refractivity (Wildman–Crippen MR) is 92.6 cm³/mol. The Bertz CT molecular complexity index is 872. The van der Waals surface area contributed by atoms with E-state index in [1.165, 1.54) is 4.57 Å². The van der Waals surface area contributed by atoms with Crippen LogP contribution in [0.25, 0.3) is 11.2 Å². The fraction of sp³-hybridized carbons (Fsp3) is 0.667. The molecule has 3 heterocycles. The molecule has 11 heteroatoms. The maximum absolute atomic E-state index is 14.5. The van der Waals surface area contributed by atoms with E-state index >= 15 is 0 Å². The standard InChI is InChI=1S/C15H21ClFN5O4/c1-3-5-21-8-11(16)19-14(18)20-12(8)22(15(21)25)13-9(24)7(17)10(26-13)6(23)4-2/h6-7,9-10,13,23-24H,3-5H2,1-2H3,(H2,18,19,20)/t6-,7+,9+,10+,13+/m0/s1. The number of imidazole rings is 1. The minimum absolute atomic E-state index is 0.0220. The van der Waals surface area contributed by atoms with Crippen LogP contribution in [0.1, 0.15) is 32.9 Å². The van der Waals surface area contributed by atoms with Crippen LogP contribution in [-0.2, 0) is 11.3 Å². The number of aliphatic hydroxyl groups is 2. The van der Waals surface area contributed by atoms with E-state index in [0.717, 1.165) is 4.57 Å². The van der Waals surface area contributed by atoms with E-state index in [-0.39, 0.29) is 28.7 Å². The van der Waals surface area contributed by atoms with Crippen LogP contribution in [0.5, 0.6) is 0 Å². The lowest BCUT2D eigenvalue weighted by Crippen LogP contribution is -2.36. The number of halogens is 2. The average Bonchev–Trinajstić information content (AvgIpc) is 3.03. The Morgan fingerprint density at radius 2 is 2.12 bits per heavy atom. The average molecular weight is 390 g/mol. The number of ether oxygens (including phenoxy) is 1. The molecule has 0 bridgehead atoms. The normalized spacial score (nSPS) is 27.3. The molecular weight excluding hydrogens is 369 g/mol. The maximum Gasteiger partial charge on any atom is 0.332 e. The van der Waals surface area contributed by atoms with Crippen molar-refractivity contribution in [1.82, 2.24) is 19.1 Å². The molecule has 0 aliphatic carbocycles. The number of hydrogen-bond acceptors (Lipinski definition) is 7. The van der Waals surface area contributed by atoms with Gasteiger partial charge in [-0.15, -0.1) is 0 Å². The number of aliphatic hydroxyl groups excluding tert-OH is 2. The topological polar surface area (TPSA) is 128 Å². The SMILES string of the molecule is CCCn1c(=O)n([C@@H]2O[C@H]([C@@H](O)CC)[C@H](F)[C@H]2O)c2nc(N)nc(Cl)c21. The van der Waals surface area contributed by atoms with Crippen LogP contribution in [0.15, 0.2) is 4.79 Å². The van der Waals surface area contributed by atoms with Gasteiger partial charge in [0, 0.05) is 6.54 Å². The second-order valence-electron chi connectivity index (χ2n) is 6.25. The number of aromatic nitrogens is 4. The molecule has 0 aromatic carbocycles. The van der Waals surface area contributed by atoms with Crippen LogP contribution < -0.4 is 11.4 Å². The van der Waals surface area contributed by atoms with Gasteiger partial charge < -0.3 is 20.7 Å². The van der Waals surface area contributed by atoms with Gasteiger partial charge in [0.05, 0.1) is 6.10 Å². The number of nitrogens with zero attached hydrogens (tertiary/aromatic N) is 4. The lowest BCUT2D eigenvalue weighted by molar-refractivity contribution is -0.0799. The molecule has 5 atom stereocenters. The highest BCUT2D eigenvalue weighted by Gasteiger charge is 2.49. The third-order valence-corrected chi connectivity index (χ3v) is 4.77. The summed E-state index contributed by atoms with van der Waals surface area (Å²) in [4.78, 5) is 20.8. The van der Waals surface area contributed by atoms with E-state index in [4.69, 9.17) is 22.1 Å². The van der Waals surface area contributed by atoms with Crippen molar-refractivity contribution in [3.8, 4) is 0 Å². The van der Waals surface area contributed by atoms with Crippen molar-refractivity contribution in [2.75, 3.05) is 5.73 Å². The number of fused-ring (bicyclic) bond motifs is 1. The van der Waals surface area contributed by atoms with Crippen molar-refractivity contribution in [3.05, 3.63) is 15.6 Å². The minimum atomic E-state index is -1.86. The second-order valence-corrected chi connectivity index (χ2v) is 6.61. The van der Waals surface area contributed by atoms with Crippen molar-refractivity contribution in [2.24, 2.45) is 0 Å². The first-order valence-corrected chi connectivity index (χ1v) is 8.78. The Labute approximate surface area is 153 Å². The molecule has 9 nitrogen and oxygen atoms in total. The molecule has 0 amide bonds. The van der Waals surface area contributed by atoms with Crippen LogP contribution in [0, 0.1) is 0 Å². The fourth-order valence-corrected chi connectivity index (χ4v) is 3.50. The fourth-order valence-electron chi connectivity index (χ4n) is 3.23.